The molecule has 0 saturated heterocycles. The molecular formula is C29H29FN2O3S. The molecule has 2 heterocycles. The Labute approximate surface area is 211 Å². The first-order valence-corrected chi connectivity index (χ1v) is 13.6. The summed E-state index contributed by atoms with van der Waals surface area (Å²) >= 11 is 0. The number of pyridine rings is 1. The first-order chi connectivity index (χ1) is 17.1. The van der Waals surface area contributed by atoms with Crippen molar-refractivity contribution in [1.82, 2.24) is 8.96 Å². The molecule has 0 atom stereocenters. The highest BCUT2D eigenvalue weighted by molar-refractivity contribution is 7.90. The number of hydrogen-bond donors (Lipinski definition) is 1. The van der Waals surface area contributed by atoms with Crippen LogP contribution in [0.3, 0.4) is 0 Å². The third-order valence-electron chi connectivity index (χ3n) is 6.83. The molecule has 2 aromatic carbocycles. The lowest BCUT2D eigenvalue weighted by Crippen LogP contribution is -2.17. The lowest BCUT2D eigenvalue weighted by molar-refractivity contribution is 0.0786. The average molecular weight is 505 g/mol. The molecule has 36 heavy (non-hydrogen) atoms. The topological polar surface area (TPSA) is 72.2 Å². The summed E-state index contributed by atoms with van der Waals surface area (Å²) in [4.78, 5) is 4.33. The molecule has 5 nitrogen and oxygen atoms in total. The third-order valence-corrected chi connectivity index (χ3v) is 8.55. The van der Waals surface area contributed by atoms with Gasteiger partial charge >= 0.3 is 0 Å². The fraction of sp³-hybridized carbons (Fsp3) is 0.276. The predicted octanol–water partition coefficient (Wildman–Crippen LogP) is 6.26. The van der Waals surface area contributed by atoms with Crippen molar-refractivity contribution in [3.63, 3.8) is 0 Å². The second-order valence-electron chi connectivity index (χ2n) is 9.94. The van der Waals surface area contributed by atoms with E-state index in [0.717, 1.165) is 48.6 Å². The van der Waals surface area contributed by atoms with Crippen LogP contribution >= 0.6 is 0 Å². The fourth-order valence-electron chi connectivity index (χ4n) is 4.92. The fourth-order valence-corrected chi connectivity index (χ4v) is 6.42. The monoisotopic (exact) mass is 504 g/mol. The zero-order chi connectivity index (χ0) is 25.5. The van der Waals surface area contributed by atoms with Crippen LogP contribution in [0.25, 0.3) is 16.6 Å². The minimum atomic E-state index is -4.03. The van der Waals surface area contributed by atoms with E-state index in [1.807, 2.05) is 24.3 Å². The third kappa shape index (κ3) is 4.61. The van der Waals surface area contributed by atoms with E-state index in [-0.39, 0.29) is 10.5 Å². The SMILES string of the molecule is CC(C)(O)c1ccc(/C(=C\C2CCCC2)c2cc3cc(F)cnc3n2S(=O)(=O)c2ccccc2)cc1. The number of fused-ring (bicyclic) bond motifs is 1. The van der Waals surface area contributed by atoms with Crippen LogP contribution in [0.15, 0.2) is 83.9 Å². The summed E-state index contributed by atoms with van der Waals surface area (Å²) in [5.41, 5.74) is 1.95. The van der Waals surface area contributed by atoms with Crippen molar-refractivity contribution in [2.75, 3.05) is 0 Å². The van der Waals surface area contributed by atoms with Crippen molar-refractivity contribution >= 4 is 26.6 Å². The van der Waals surface area contributed by atoms with E-state index in [9.17, 15) is 17.9 Å². The smallest absolute Gasteiger partial charge is 0.269 e. The van der Waals surface area contributed by atoms with Crippen LogP contribution in [0.1, 0.15) is 56.4 Å². The van der Waals surface area contributed by atoms with Gasteiger partial charge in [0.25, 0.3) is 10.0 Å². The highest BCUT2D eigenvalue weighted by Crippen LogP contribution is 2.36. The maximum Gasteiger partial charge on any atom is 0.269 e. The second-order valence-corrected chi connectivity index (χ2v) is 11.7. The maximum absolute atomic E-state index is 14.1. The van der Waals surface area contributed by atoms with Crippen LogP contribution in [0.4, 0.5) is 4.39 Å². The van der Waals surface area contributed by atoms with Gasteiger partial charge in [0.15, 0.2) is 5.65 Å². The zero-order valence-electron chi connectivity index (χ0n) is 20.4. The van der Waals surface area contributed by atoms with Gasteiger partial charge in [0.05, 0.1) is 22.4 Å². The number of benzene rings is 2. The van der Waals surface area contributed by atoms with Gasteiger partial charge in [-0.05, 0) is 68.0 Å². The predicted molar refractivity (Wildman–Crippen MR) is 139 cm³/mol. The van der Waals surface area contributed by atoms with Gasteiger partial charge in [0.1, 0.15) is 5.82 Å². The number of aromatic nitrogens is 2. The van der Waals surface area contributed by atoms with Crippen LogP contribution in [0.2, 0.25) is 0 Å². The van der Waals surface area contributed by atoms with Crippen molar-refractivity contribution in [1.29, 1.82) is 0 Å². The quantitative estimate of drug-likeness (QED) is 0.336. The molecule has 0 unspecified atom stereocenters. The van der Waals surface area contributed by atoms with Gasteiger partial charge in [-0.25, -0.2) is 21.8 Å². The summed E-state index contributed by atoms with van der Waals surface area (Å²) in [6.07, 6.45) is 7.51. The number of allylic oxidation sites excluding steroid dienone is 1. The standard InChI is InChI=1S/C29H29FN2O3S/c1-29(2,33)23-14-12-21(13-15-23)26(16-20-8-6-7-9-20)27-18-22-17-24(30)19-31-28(22)32(27)36(34,35)25-10-4-3-5-11-25/h3-5,10-20,33H,6-9H2,1-2H3/b26-16+. The molecule has 186 valence electrons. The highest BCUT2D eigenvalue weighted by atomic mass is 32.2. The molecule has 1 saturated carbocycles. The van der Waals surface area contributed by atoms with Crippen LogP contribution in [-0.4, -0.2) is 22.5 Å². The van der Waals surface area contributed by atoms with Gasteiger partial charge in [-0.15, -0.1) is 0 Å². The van der Waals surface area contributed by atoms with Crippen molar-refractivity contribution in [2.45, 2.75) is 50.0 Å². The van der Waals surface area contributed by atoms with Crippen LogP contribution in [0.5, 0.6) is 0 Å². The van der Waals surface area contributed by atoms with Gasteiger partial charge in [0, 0.05) is 11.0 Å². The molecule has 1 aliphatic rings. The Balaban J connectivity index is 1.78. The largest absolute Gasteiger partial charge is 0.386 e. The van der Waals surface area contributed by atoms with E-state index < -0.39 is 21.4 Å². The molecule has 7 heteroatoms. The first-order valence-electron chi connectivity index (χ1n) is 12.2. The molecule has 0 aliphatic heterocycles. The Morgan fingerprint density at radius 1 is 1.06 bits per heavy atom. The number of halogens is 1. The summed E-state index contributed by atoms with van der Waals surface area (Å²) in [7, 11) is -4.03. The first kappa shape index (κ1) is 24.4. The summed E-state index contributed by atoms with van der Waals surface area (Å²) in [5, 5.41) is 10.8. The molecule has 0 spiro atoms. The molecule has 1 aliphatic carbocycles. The molecule has 1 N–H and O–H groups in total. The maximum atomic E-state index is 14.1. The lowest BCUT2D eigenvalue weighted by Gasteiger charge is -2.19. The van der Waals surface area contributed by atoms with E-state index in [4.69, 9.17) is 0 Å². The Morgan fingerprint density at radius 2 is 1.72 bits per heavy atom. The number of nitrogens with zero attached hydrogens (tertiary/aromatic N) is 2. The summed E-state index contributed by atoms with van der Waals surface area (Å²) in [5.74, 6) is -0.219. The average Bonchev–Trinajstić information content (AvgIpc) is 3.50. The Bertz CT molecular complexity index is 1530. The van der Waals surface area contributed by atoms with Crippen LogP contribution in [-0.2, 0) is 15.6 Å². The Hall–Kier alpha value is -3.29. The van der Waals surface area contributed by atoms with E-state index in [0.29, 0.717) is 17.0 Å². The van der Waals surface area contributed by atoms with Crippen LogP contribution in [0, 0.1) is 11.7 Å². The summed E-state index contributed by atoms with van der Waals surface area (Å²) in [6.45, 7) is 3.45. The van der Waals surface area contributed by atoms with Gasteiger partial charge in [-0.1, -0.05) is 61.4 Å². The number of rotatable bonds is 6. The second kappa shape index (κ2) is 9.30. The number of aliphatic hydroxyl groups is 1. The van der Waals surface area contributed by atoms with E-state index in [1.165, 1.54) is 10.0 Å². The van der Waals surface area contributed by atoms with Gasteiger partial charge in [0.2, 0.25) is 0 Å². The number of hydrogen-bond acceptors (Lipinski definition) is 4. The van der Waals surface area contributed by atoms with Crippen molar-refractivity contribution < 1.29 is 17.9 Å². The summed E-state index contributed by atoms with van der Waals surface area (Å²) < 4.78 is 43.3. The van der Waals surface area contributed by atoms with E-state index in [1.54, 1.807) is 50.2 Å². The summed E-state index contributed by atoms with van der Waals surface area (Å²) in [6, 6.07) is 18.7. The van der Waals surface area contributed by atoms with Crippen LogP contribution < -0.4 is 0 Å². The molecule has 0 bridgehead atoms. The van der Waals surface area contributed by atoms with Gasteiger partial charge in [-0.2, -0.15) is 0 Å². The Morgan fingerprint density at radius 3 is 2.36 bits per heavy atom. The van der Waals surface area contributed by atoms with E-state index in [2.05, 4.69) is 11.1 Å². The zero-order valence-corrected chi connectivity index (χ0v) is 21.2. The van der Waals surface area contributed by atoms with Crippen molar-refractivity contribution in [3.05, 3.63) is 102 Å². The molecule has 5 rings (SSSR count). The molecular weight excluding hydrogens is 475 g/mol. The normalized spacial score (nSPS) is 15.6. The van der Waals surface area contributed by atoms with E-state index >= 15 is 0 Å². The molecule has 0 amide bonds. The Kier molecular flexibility index (Phi) is 6.30. The molecule has 0 radical (unpaired) electrons. The minimum Gasteiger partial charge on any atom is -0.386 e. The van der Waals surface area contributed by atoms with Crippen molar-refractivity contribution in [3.8, 4) is 0 Å². The van der Waals surface area contributed by atoms with Gasteiger partial charge < -0.3 is 5.11 Å². The highest BCUT2D eigenvalue weighted by Gasteiger charge is 2.27. The lowest BCUT2D eigenvalue weighted by atomic mass is 9.92. The molecule has 1 fully saturated rings. The van der Waals surface area contributed by atoms with Crippen molar-refractivity contribution in [2.24, 2.45) is 5.92 Å². The van der Waals surface area contributed by atoms with Gasteiger partial charge in [-0.3, -0.25) is 0 Å². The molecule has 4 aromatic rings. The minimum absolute atomic E-state index is 0.132. The molecule has 2 aromatic heterocycles.